The van der Waals surface area contributed by atoms with E-state index in [2.05, 4.69) is 95.9 Å². The first kappa shape index (κ1) is 43.2. The first-order chi connectivity index (χ1) is 28.0. The van der Waals surface area contributed by atoms with Gasteiger partial charge in [0.2, 0.25) is 0 Å². The van der Waals surface area contributed by atoms with Crippen LogP contribution in [0, 0.1) is 41.4 Å². The molecule has 11 atom stereocenters. The van der Waals surface area contributed by atoms with Crippen molar-refractivity contribution in [3.05, 3.63) is 35.5 Å². The molecule has 322 valence electrons. The fourth-order valence-corrected chi connectivity index (χ4v) is 12.4. The van der Waals surface area contributed by atoms with E-state index in [-0.39, 0.29) is 48.0 Å². The highest BCUT2D eigenvalue weighted by molar-refractivity contribution is 6.23. The average molecular weight is 808 g/mol. The van der Waals surface area contributed by atoms with Crippen LogP contribution < -0.4 is 36.9 Å². The quantitative estimate of drug-likeness (QED) is 0.0388. The maximum Gasteiger partial charge on any atom is 0.350 e. The van der Waals surface area contributed by atoms with E-state index in [9.17, 15) is 9.59 Å². The molecule has 12 heteroatoms. The summed E-state index contributed by atoms with van der Waals surface area (Å²) in [6.07, 6.45) is 21.1. The number of piperidine rings is 1. The van der Waals surface area contributed by atoms with Gasteiger partial charge in [-0.25, -0.2) is 10.1 Å². The first-order valence-electron chi connectivity index (χ1n) is 23.2. The zero-order valence-electron chi connectivity index (χ0n) is 36.5. The fourth-order valence-electron chi connectivity index (χ4n) is 12.4. The lowest BCUT2D eigenvalue weighted by atomic mass is 9.57. The van der Waals surface area contributed by atoms with Crippen molar-refractivity contribution in [1.29, 1.82) is 0 Å². The summed E-state index contributed by atoms with van der Waals surface area (Å²) in [5, 5.41) is 18.2. The van der Waals surface area contributed by atoms with Crippen LogP contribution in [0.2, 0.25) is 0 Å². The maximum atomic E-state index is 15.1. The van der Waals surface area contributed by atoms with Gasteiger partial charge in [0.15, 0.2) is 17.2 Å². The number of quaternary nitrogens is 3. The van der Waals surface area contributed by atoms with Gasteiger partial charge in [0, 0.05) is 49.4 Å². The normalized spacial score (nSPS) is 39.5. The largest absolute Gasteiger partial charge is 0.463 e. The number of Topliss-reactive ketones (excluding diaryl/α,β-unsaturated/α-hetero) is 2. The van der Waals surface area contributed by atoms with Crippen molar-refractivity contribution in [1.82, 2.24) is 16.0 Å². The number of hydrogen-bond donors (Lipinski definition) is 7. The molecule has 0 amide bonds. The molecule has 58 heavy (non-hydrogen) atoms. The molecule has 0 aromatic carbocycles. The van der Waals surface area contributed by atoms with Crippen molar-refractivity contribution in [3.8, 4) is 0 Å². The summed E-state index contributed by atoms with van der Waals surface area (Å²) >= 11 is 0. The molecule has 3 saturated heterocycles. The van der Waals surface area contributed by atoms with E-state index in [1.165, 1.54) is 5.57 Å². The van der Waals surface area contributed by atoms with E-state index < -0.39 is 29.0 Å². The zero-order chi connectivity index (χ0) is 41.1. The molecule has 5 unspecified atom stereocenters. The molecule has 4 aliphatic carbocycles. The Morgan fingerprint density at radius 2 is 2.00 bits per heavy atom. The van der Waals surface area contributed by atoms with Crippen molar-refractivity contribution in [2.75, 3.05) is 47.0 Å². The number of hydrogen-bond acceptors (Lipinski definition) is 6. The monoisotopic (exact) mass is 808 g/mol. The minimum atomic E-state index is -1.87. The van der Waals surface area contributed by atoms with Crippen molar-refractivity contribution >= 4 is 23.5 Å². The number of ether oxygens (including phenoxy) is 2. The number of carbonyl (C=O) groups is 3. The highest BCUT2D eigenvalue weighted by atomic mass is 16.7. The predicted octanol–water partition coefficient (Wildman–Crippen LogP) is -0.323. The molecule has 0 spiro atoms. The number of allylic oxidation sites excluding steroid dienone is 3. The third-order valence-corrected chi connectivity index (χ3v) is 15.2. The molecular formula is C46H77N7O5+4. The number of nitrogens with one attached hydrogen (secondary N) is 4. The van der Waals surface area contributed by atoms with Gasteiger partial charge in [-0.3, -0.25) is 25.2 Å². The second-order valence-corrected chi connectivity index (χ2v) is 19.5. The summed E-state index contributed by atoms with van der Waals surface area (Å²) < 4.78 is 12.9. The summed E-state index contributed by atoms with van der Waals surface area (Å²) in [5.74, 6) is 0.625. The van der Waals surface area contributed by atoms with E-state index in [1.54, 1.807) is 0 Å². The summed E-state index contributed by atoms with van der Waals surface area (Å²) in [4.78, 5) is 48.2. The van der Waals surface area contributed by atoms with Gasteiger partial charge in [0.1, 0.15) is 25.5 Å². The lowest BCUT2D eigenvalue weighted by Gasteiger charge is -2.42. The number of carbonyl (C=O) groups excluding carboxylic acids is 3. The second-order valence-electron chi connectivity index (χ2n) is 19.5. The number of esters is 1. The number of nitrogens with two attached hydrogens (primary N) is 3. The Morgan fingerprint density at radius 3 is 2.78 bits per heavy atom. The third-order valence-electron chi connectivity index (χ3n) is 15.2. The Hall–Kier alpha value is -2.90. The summed E-state index contributed by atoms with van der Waals surface area (Å²) in [6.45, 7) is 12.7. The van der Waals surface area contributed by atoms with Crippen LogP contribution in [-0.2, 0) is 23.9 Å². The van der Waals surface area contributed by atoms with Gasteiger partial charge in [-0.05, 0) is 94.6 Å². The van der Waals surface area contributed by atoms with Crippen molar-refractivity contribution in [2.45, 2.75) is 140 Å². The molecule has 0 bridgehead atoms. The van der Waals surface area contributed by atoms with Crippen LogP contribution in [0.25, 0.3) is 0 Å². The van der Waals surface area contributed by atoms with Crippen molar-refractivity contribution in [2.24, 2.45) is 41.4 Å². The minimum Gasteiger partial charge on any atom is -0.463 e. The lowest BCUT2D eigenvalue weighted by Crippen LogP contribution is -2.98. The molecule has 0 aromatic rings. The van der Waals surface area contributed by atoms with Gasteiger partial charge in [0.05, 0.1) is 39.3 Å². The number of likely N-dealkylation sites (N-methyl/N-ethyl adjacent to an activating group) is 1. The minimum absolute atomic E-state index is 0.0512. The Bertz CT molecular complexity index is 1640. The van der Waals surface area contributed by atoms with Crippen LogP contribution >= 0.6 is 0 Å². The molecule has 7 rings (SSSR count). The Balaban J connectivity index is 1.16. The average Bonchev–Trinajstić information content (AvgIpc) is 3.97. The molecule has 2 saturated carbocycles. The fraction of sp³-hybridized carbons (Fsp3) is 0.783. The van der Waals surface area contributed by atoms with E-state index in [4.69, 9.17) is 9.47 Å². The second kappa shape index (κ2) is 18.4. The predicted molar refractivity (Wildman–Crippen MR) is 223 cm³/mol. The van der Waals surface area contributed by atoms with Gasteiger partial charge in [0.25, 0.3) is 5.60 Å². The van der Waals surface area contributed by atoms with Crippen LogP contribution in [0.5, 0.6) is 0 Å². The zero-order valence-corrected chi connectivity index (χ0v) is 36.5. The van der Waals surface area contributed by atoms with Crippen LogP contribution in [0.4, 0.5) is 0 Å². The Morgan fingerprint density at radius 1 is 1.16 bits per heavy atom. The molecule has 3 aliphatic heterocycles. The Labute approximate surface area is 347 Å². The van der Waals surface area contributed by atoms with Crippen LogP contribution in [0.1, 0.15) is 111 Å². The highest BCUT2D eigenvalue weighted by Crippen LogP contribution is 2.63. The number of ketones is 2. The van der Waals surface area contributed by atoms with Crippen LogP contribution in [0.15, 0.2) is 35.5 Å². The Kier molecular flexibility index (Phi) is 13.7. The molecule has 5 fully saturated rings. The van der Waals surface area contributed by atoms with E-state index in [1.807, 2.05) is 7.05 Å². The SMILES string of the molecule is CC[NH2+][C@H]1C=C2C=CCC[C@H]2C[C@H]1COC(=O)[C@]12O[C@@]1(CC=C(C)C[C@@]1(C3CC[NH2+]C(NC[NH2+]C)C3)CCCNC(=[NH+]C)N1)C(=O)C1CCCC(CC(C)C)C1C2=O. The summed E-state index contributed by atoms with van der Waals surface area (Å²) in [7, 11) is 4.05. The molecular weight excluding hydrogens is 731 g/mol. The smallest absolute Gasteiger partial charge is 0.350 e. The van der Waals surface area contributed by atoms with E-state index >= 15 is 4.79 Å². The molecule has 12 nitrogen and oxygen atoms in total. The lowest BCUT2D eigenvalue weighted by molar-refractivity contribution is -0.717. The summed E-state index contributed by atoms with van der Waals surface area (Å²) in [5.41, 5.74) is -1.04. The van der Waals surface area contributed by atoms with Gasteiger partial charge in [-0.2, -0.15) is 0 Å². The standard InChI is InChI=1S/C46H73N7O5/c1-7-49-37-24-32-13-9-8-12-31(32)23-34(37)27-57-42(56)46-41(55)39-33(22-29(2)3)14-10-15-36(39)40(54)45(46,58-46)19-16-30(4)26-44(18-11-20-51-43(48-6)53-44)35-17-21-50-38(25-35)52-28-47-5/h9,13,16,24,29,31,33-39,47,49-50,52H,7-8,10-12,14-15,17-23,25-28H2,1-6H3,(H2,48,51,53)/p+4/t31-,33?,34-,35?,36?,37-,38?,39?,44+,45-,46-/m0/s1. The van der Waals surface area contributed by atoms with Gasteiger partial charge < -0.3 is 25.4 Å². The molecule has 0 aromatic heterocycles. The number of epoxide rings is 1. The molecule has 7 aliphatic rings. The molecule has 3 heterocycles. The van der Waals surface area contributed by atoms with Crippen LogP contribution in [-0.4, -0.2) is 99.4 Å². The van der Waals surface area contributed by atoms with Crippen molar-refractivity contribution in [3.63, 3.8) is 0 Å². The van der Waals surface area contributed by atoms with Gasteiger partial charge in [-0.1, -0.05) is 44.1 Å². The maximum absolute atomic E-state index is 15.1. The topological polar surface area (TPSA) is 173 Å². The first-order valence-corrected chi connectivity index (χ1v) is 23.2. The van der Waals surface area contributed by atoms with Gasteiger partial charge >= 0.3 is 11.9 Å². The van der Waals surface area contributed by atoms with Gasteiger partial charge in [-0.15, -0.1) is 0 Å². The van der Waals surface area contributed by atoms with E-state index in [0.717, 1.165) is 108 Å². The third kappa shape index (κ3) is 8.39. The number of guanidine groups is 1. The molecule has 10 N–H and O–H groups in total. The molecule has 0 radical (unpaired) electrons. The summed E-state index contributed by atoms with van der Waals surface area (Å²) in [6, 6.07) is 0.195. The van der Waals surface area contributed by atoms with Crippen molar-refractivity contribution < 1.29 is 44.8 Å². The van der Waals surface area contributed by atoms with E-state index in [0.29, 0.717) is 30.3 Å². The van der Waals surface area contributed by atoms with Crippen LogP contribution in [0.3, 0.4) is 0 Å². The number of fused-ring (bicyclic) bond motifs is 3. The number of rotatable bonds is 15. The highest BCUT2D eigenvalue weighted by Gasteiger charge is 2.87.